The molecule has 29 heavy (non-hydrogen) atoms. The summed E-state index contributed by atoms with van der Waals surface area (Å²) in [5.41, 5.74) is 5.49. The van der Waals surface area contributed by atoms with Crippen molar-refractivity contribution < 1.29 is 18.1 Å². The Morgan fingerprint density at radius 2 is 1.14 bits per heavy atom. The third-order valence-electron chi connectivity index (χ3n) is 2.23. The highest BCUT2D eigenvalue weighted by Crippen LogP contribution is 2.46. The zero-order valence-electron chi connectivity index (χ0n) is 18.0. The van der Waals surface area contributed by atoms with Crippen LogP contribution >= 0.6 is 51.7 Å². The van der Waals surface area contributed by atoms with Gasteiger partial charge in [0.1, 0.15) is 0 Å². The minimum atomic E-state index is -2.81. The summed E-state index contributed by atoms with van der Waals surface area (Å²) in [6.07, 6.45) is -0.322. The van der Waals surface area contributed by atoms with Gasteiger partial charge in [-0.15, -0.1) is 0 Å². The molecular weight excluding hydrogens is 490 g/mol. The van der Waals surface area contributed by atoms with Gasteiger partial charge < -0.3 is 23.4 Å². The summed E-state index contributed by atoms with van der Waals surface area (Å²) < 4.78 is 23.3. The second kappa shape index (κ2) is 14.5. The molecule has 0 bridgehead atoms. The maximum Gasteiger partial charge on any atom is 0.289 e. The van der Waals surface area contributed by atoms with Crippen LogP contribution in [0.4, 0.5) is 0 Å². The molecule has 4 N–H and O–H groups in total. The molecule has 0 aromatic carbocycles. The highest BCUT2D eigenvalue weighted by atomic mass is 32.5. The first-order chi connectivity index (χ1) is 13.2. The van der Waals surface area contributed by atoms with Crippen LogP contribution in [0.15, 0.2) is 0 Å². The number of nitrogens with one attached hydrogen (secondary N) is 4. The second-order valence-electron chi connectivity index (χ2n) is 6.82. The fourth-order valence-electron chi connectivity index (χ4n) is 1.58. The predicted molar refractivity (Wildman–Crippen MR) is 136 cm³/mol. The average Bonchev–Trinajstić information content (AvgIpc) is 2.49. The molecule has 0 aromatic rings. The normalized spacial score (nSPS) is 12.0. The Hall–Kier alpha value is 0.390. The van der Waals surface area contributed by atoms with Crippen LogP contribution in [-0.4, -0.2) is 39.4 Å². The van der Waals surface area contributed by atoms with Crippen LogP contribution in [0.1, 0.15) is 55.4 Å². The molecule has 0 aliphatic rings. The molecule has 14 heteroatoms. The lowest BCUT2D eigenvalue weighted by Crippen LogP contribution is -2.50. The number of rotatable bonds is 10. The number of hydrogen-bond donors (Lipinski definition) is 4. The number of hydrazine groups is 1. The predicted octanol–water partition coefficient (Wildman–Crippen LogP) is 4.35. The first kappa shape index (κ1) is 29.4. The molecule has 0 fully saturated rings. The van der Waals surface area contributed by atoms with Crippen molar-refractivity contribution >= 4 is 78.4 Å². The van der Waals surface area contributed by atoms with Gasteiger partial charge in [-0.3, -0.25) is 15.9 Å². The van der Waals surface area contributed by atoms with Crippen LogP contribution in [-0.2, 0) is 29.9 Å². The molecule has 0 saturated carbocycles. The van der Waals surface area contributed by atoms with Crippen molar-refractivity contribution in [3.63, 3.8) is 0 Å². The van der Waals surface area contributed by atoms with E-state index in [9.17, 15) is 0 Å². The molecule has 0 heterocycles. The minimum absolute atomic E-state index is 0.0397. The fraction of sp³-hybridized carbons (Fsp3) is 0.800. The third-order valence-corrected chi connectivity index (χ3v) is 7.69. The molecule has 0 aromatic heterocycles. The zero-order chi connectivity index (χ0) is 22.8. The summed E-state index contributed by atoms with van der Waals surface area (Å²) in [5, 5.41) is 6.18. The number of thiocarbonyl (C=S) groups is 3. The summed E-state index contributed by atoms with van der Waals surface area (Å²) in [6.45, 7) is 12.3. The molecule has 0 spiro atoms. The van der Waals surface area contributed by atoms with E-state index in [0.29, 0.717) is 4.73 Å². The first-order valence-corrected chi connectivity index (χ1v) is 14.1. The maximum absolute atomic E-state index is 5.74. The molecule has 0 amide bonds. The topological polar surface area (TPSA) is 85.0 Å². The molecule has 0 rings (SSSR count). The van der Waals surface area contributed by atoms with E-state index < -0.39 is 15.0 Å². The Labute approximate surface area is 197 Å². The van der Waals surface area contributed by atoms with Crippen molar-refractivity contribution in [3.8, 4) is 0 Å². The van der Waals surface area contributed by atoms with Gasteiger partial charge in [0.15, 0.2) is 15.0 Å². The lowest BCUT2D eigenvalue weighted by atomic mass is 10.5. The maximum atomic E-state index is 5.74. The van der Waals surface area contributed by atoms with Crippen LogP contribution in [0, 0.1) is 0 Å². The Bertz CT molecular complexity index is 585. The van der Waals surface area contributed by atoms with Crippen LogP contribution in [0.5, 0.6) is 0 Å². The second-order valence-corrected chi connectivity index (χ2v) is 12.8. The third kappa shape index (κ3) is 14.9. The molecule has 8 nitrogen and oxygen atoms in total. The minimum Gasteiger partial charge on any atom is -0.326 e. The van der Waals surface area contributed by atoms with Gasteiger partial charge in [0.2, 0.25) is 8.38 Å². The van der Waals surface area contributed by atoms with Gasteiger partial charge in [0.25, 0.3) is 6.64 Å². The summed E-state index contributed by atoms with van der Waals surface area (Å²) in [4.78, 5) is 0. The van der Waals surface area contributed by atoms with Gasteiger partial charge in [-0.1, -0.05) is 12.2 Å². The van der Waals surface area contributed by atoms with Gasteiger partial charge in [-0.25, -0.2) is 0 Å². The Morgan fingerprint density at radius 3 is 1.52 bits per heavy atom. The van der Waals surface area contributed by atoms with Crippen LogP contribution in [0.3, 0.4) is 0 Å². The van der Waals surface area contributed by atoms with E-state index in [-0.39, 0.29) is 34.6 Å². The fourth-order valence-corrected chi connectivity index (χ4v) is 6.90. The summed E-state index contributed by atoms with van der Waals surface area (Å²) in [6, 6.07) is 0. The summed E-state index contributed by atoms with van der Waals surface area (Å²) >= 11 is 21.4. The zero-order valence-corrected chi connectivity index (χ0v) is 23.0. The monoisotopic (exact) mass is 522 g/mol. The Balaban J connectivity index is 4.72. The standard InChI is InChI=1S/C15H32N4O4P2S4/c1-9(2)20-24(21-10(3)4)15(28)16-13(26)17-18-14(27)19-25(29,22-11(5)6)23-12(7)8/h9-12H,1-8H3,(H2,16,17,26,28)(H2,18,19,27,29). The van der Waals surface area contributed by atoms with E-state index in [1.54, 1.807) is 0 Å². The van der Waals surface area contributed by atoms with Gasteiger partial charge in [0, 0.05) is 0 Å². The largest absolute Gasteiger partial charge is 0.326 e. The Kier molecular flexibility index (Phi) is 14.6. The molecule has 0 atom stereocenters. The highest BCUT2D eigenvalue weighted by Gasteiger charge is 2.24. The average molecular weight is 523 g/mol. The van der Waals surface area contributed by atoms with Crippen LogP contribution in [0.25, 0.3) is 0 Å². The van der Waals surface area contributed by atoms with E-state index in [1.807, 2.05) is 55.4 Å². The summed E-state index contributed by atoms with van der Waals surface area (Å²) in [5.74, 6) is 0. The van der Waals surface area contributed by atoms with Gasteiger partial charge in [-0.05, 0) is 91.6 Å². The van der Waals surface area contributed by atoms with Gasteiger partial charge in [0.05, 0.1) is 24.4 Å². The quantitative estimate of drug-likeness (QED) is 0.187. The molecule has 170 valence electrons. The molecule has 0 saturated heterocycles. The molecule has 0 aliphatic heterocycles. The Morgan fingerprint density at radius 1 is 0.724 bits per heavy atom. The summed E-state index contributed by atoms with van der Waals surface area (Å²) in [7, 11) is -1.44. The van der Waals surface area contributed by atoms with Crippen molar-refractivity contribution in [2.24, 2.45) is 0 Å². The van der Waals surface area contributed by atoms with Crippen LogP contribution < -0.4 is 21.3 Å². The molecular formula is C15H32N4O4P2S4. The van der Waals surface area contributed by atoms with Crippen molar-refractivity contribution in [1.29, 1.82) is 0 Å². The molecule has 0 unspecified atom stereocenters. The van der Waals surface area contributed by atoms with Gasteiger partial charge in [-0.2, -0.15) is 0 Å². The number of hydrogen-bond acceptors (Lipinski definition) is 8. The molecule has 0 aliphatic carbocycles. The van der Waals surface area contributed by atoms with Crippen molar-refractivity contribution in [1.82, 2.24) is 21.3 Å². The van der Waals surface area contributed by atoms with E-state index >= 15 is 0 Å². The first-order valence-electron chi connectivity index (χ1n) is 9.03. The van der Waals surface area contributed by atoms with E-state index in [0.717, 1.165) is 0 Å². The van der Waals surface area contributed by atoms with E-state index in [2.05, 4.69) is 21.3 Å². The van der Waals surface area contributed by atoms with Gasteiger partial charge >= 0.3 is 0 Å². The highest BCUT2D eigenvalue weighted by molar-refractivity contribution is 8.09. The van der Waals surface area contributed by atoms with E-state index in [1.165, 1.54) is 0 Å². The SMILES string of the molecule is CC(C)OP(OC(C)C)C(=S)NC(=S)NNC(=S)NP(=S)(OC(C)C)OC(C)C. The lowest BCUT2D eigenvalue weighted by Gasteiger charge is -2.28. The van der Waals surface area contributed by atoms with E-state index in [4.69, 9.17) is 66.6 Å². The smallest absolute Gasteiger partial charge is 0.289 e. The van der Waals surface area contributed by atoms with Crippen LogP contribution in [0.2, 0.25) is 0 Å². The van der Waals surface area contributed by atoms with Crippen molar-refractivity contribution in [2.45, 2.75) is 79.8 Å². The molecule has 0 radical (unpaired) electrons. The lowest BCUT2D eigenvalue weighted by molar-refractivity contribution is 0.172. The van der Waals surface area contributed by atoms with Crippen molar-refractivity contribution in [3.05, 3.63) is 0 Å². The van der Waals surface area contributed by atoms with Crippen molar-refractivity contribution in [2.75, 3.05) is 0 Å².